The van der Waals surface area contributed by atoms with Gasteiger partial charge >= 0.3 is 0 Å². The zero-order valence-electron chi connectivity index (χ0n) is 11.0. The molecule has 2 aromatic rings. The van der Waals surface area contributed by atoms with Gasteiger partial charge in [-0.2, -0.15) is 0 Å². The molecule has 0 bridgehead atoms. The van der Waals surface area contributed by atoms with Gasteiger partial charge in [-0.3, -0.25) is 4.31 Å². The third-order valence-electron chi connectivity index (χ3n) is 2.80. The molecule has 0 N–H and O–H groups in total. The van der Waals surface area contributed by atoms with Gasteiger partial charge in [0.15, 0.2) is 0 Å². The number of sulfonamides is 1. The van der Waals surface area contributed by atoms with Gasteiger partial charge in [0.1, 0.15) is 4.90 Å². The first-order valence-corrected chi connectivity index (χ1v) is 8.30. The SMILES string of the molecule is C=CCN(c1ccccc1)S(=O)(=O)c1cc(Cl)ccc1Cl. The van der Waals surface area contributed by atoms with Crippen molar-refractivity contribution in [2.45, 2.75) is 4.90 Å². The molecule has 0 amide bonds. The fraction of sp³-hybridized carbons (Fsp3) is 0.0667. The minimum Gasteiger partial charge on any atom is -0.262 e. The van der Waals surface area contributed by atoms with E-state index in [9.17, 15) is 8.42 Å². The molecule has 2 rings (SSSR count). The highest BCUT2D eigenvalue weighted by Gasteiger charge is 2.26. The molecule has 0 heterocycles. The van der Waals surface area contributed by atoms with Crippen molar-refractivity contribution in [3.05, 3.63) is 71.2 Å². The van der Waals surface area contributed by atoms with Crippen LogP contribution < -0.4 is 4.31 Å². The van der Waals surface area contributed by atoms with Gasteiger partial charge in [-0.15, -0.1) is 6.58 Å². The number of halogens is 2. The molecular weight excluding hydrogens is 329 g/mol. The van der Waals surface area contributed by atoms with Crippen LogP contribution in [0.15, 0.2) is 66.1 Å². The van der Waals surface area contributed by atoms with Gasteiger partial charge in [-0.05, 0) is 30.3 Å². The van der Waals surface area contributed by atoms with Crippen molar-refractivity contribution in [3.8, 4) is 0 Å². The zero-order chi connectivity index (χ0) is 15.5. The number of hydrogen-bond acceptors (Lipinski definition) is 2. The van der Waals surface area contributed by atoms with Gasteiger partial charge in [0.05, 0.1) is 17.3 Å². The summed E-state index contributed by atoms with van der Waals surface area (Å²) >= 11 is 11.9. The lowest BCUT2D eigenvalue weighted by Crippen LogP contribution is -2.31. The quantitative estimate of drug-likeness (QED) is 0.757. The lowest BCUT2D eigenvalue weighted by Gasteiger charge is -2.23. The summed E-state index contributed by atoms with van der Waals surface area (Å²) < 4.78 is 26.9. The van der Waals surface area contributed by atoms with E-state index in [4.69, 9.17) is 23.2 Å². The molecule has 0 radical (unpaired) electrons. The van der Waals surface area contributed by atoms with Crippen LogP contribution in [0.2, 0.25) is 10.0 Å². The van der Waals surface area contributed by atoms with Crippen molar-refractivity contribution in [1.29, 1.82) is 0 Å². The molecule has 110 valence electrons. The second kappa shape index (κ2) is 6.52. The summed E-state index contributed by atoms with van der Waals surface area (Å²) in [5.41, 5.74) is 0.536. The van der Waals surface area contributed by atoms with Crippen LogP contribution in [0.3, 0.4) is 0 Å². The number of hydrogen-bond donors (Lipinski definition) is 0. The van der Waals surface area contributed by atoms with Gasteiger partial charge in [-0.25, -0.2) is 8.42 Å². The minimum absolute atomic E-state index is 0.0256. The first-order valence-electron chi connectivity index (χ1n) is 6.10. The average Bonchev–Trinajstić information content (AvgIpc) is 2.48. The monoisotopic (exact) mass is 341 g/mol. The molecule has 3 nitrogen and oxygen atoms in total. The smallest absolute Gasteiger partial charge is 0.262 e. The molecular formula is C15H13Cl2NO2S. The van der Waals surface area contributed by atoms with Crippen molar-refractivity contribution >= 4 is 38.9 Å². The maximum Gasteiger partial charge on any atom is 0.266 e. The fourth-order valence-corrected chi connectivity index (χ4v) is 4.02. The second-order valence-electron chi connectivity index (χ2n) is 4.24. The number of rotatable bonds is 5. The Morgan fingerprint density at radius 2 is 1.76 bits per heavy atom. The van der Waals surface area contributed by atoms with Crippen molar-refractivity contribution in [3.63, 3.8) is 0 Å². The van der Waals surface area contributed by atoms with E-state index in [1.54, 1.807) is 30.3 Å². The second-order valence-corrected chi connectivity index (χ2v) is 6.91. The first-order chi connectivity index (χ1) is 9.96. The van der Waals surface area contributed by atoms with Gasteiger partial charge in [0.25, 0.3) is 10.0 Å². The Kier molecular flexibility index (Phi) is 4.93. The first kappa shape index (κ1) is 15.9. The summed E-state index contributed by atoms with van der Waals surface area (Å²) in [5.74, 6) is 0. The van der Waals surface area contributed by atoms with E-state index in [1.807, 2.05) is 6.07 Å². The minimum atomic E-state index is -3.82. The van der Waals surface area contributed by atoms with E-state index in [0.717, 1.165) is 0 Å². The Hall–Kier alpha value is -1.49. The lowest BCUT2D eigenvalue weighted by atomic mass is 10.3. The highest BCUT2D eigenvalue weighted by atomic mass is 35.5. The molecule has 0 aromatic heterocycles. The standard InChI is InChI=1S/C15H13Cl2NO2S/c1-2-10-18(13-6-4-3-5-7-13)21(19,20)15-11-12(16)8-9-14(15)17/h2-9,11H,1,10H2. The van der Waals surface area contributed by atoms with E-state index >= 15 is 0 Å². The van der Waals surface area contributed by atoms with Crippen LogP contribution >= 0.6 is 23.2 Å². The molecule has 0 atom stereocenters. The Morgan fingerprint density at radius 1 is 1.10 bits per heavy atom. The summed E-state index contributed by atoms with van der Waals surface area (Å²) in [7, 11) is -3.82. The van der Waals surface area contributed by atoms with Crippen LogP contribution in [0.1, 0.15) is 0 Å². The van der Waals surface area contributed by atoms with E-state index < -0.39 is 10.0 Å². The maximum absolute atomic E-state index is 12.8. The van der Waals surface area contributed by atoms with Gasteiger partial charge < -0.3 is 0 Å². The highest BCUT2D eigenvalue weighted by Crippen LogP contribution is 2.30. The molecule has 0 aliphatic carbocycles. The highest BCUT2D eigenvalue weighted by molar-refractivity contribution is 7.93. The lowest BCUT2D eigenvalue weighted by molar-refractivity contribution is 0.593. The third-order valence-corrected chi connectivity index (χ3v) is 5.31. The van der Waals surface area contributed by atoms with Crippen molar-refractivity contribution in [2.24, 2.45) is 0 Å². The van der Waals surface area contributed by atoms with Crippen LogP contribution in [0, 0.1) is 0 Å². The van der Waals surface area contributed by atoms with Gasteiger partial charge in [0, 0.05) is 5.02 Å². The van der Waals surface area contributed by atoms with Crippen LogP contribution in [0.5, 0.6) is 0 Å². The molecule has 21 heavy (non-hydrogen) atoms. The summed E-state index contributed by atoms with van der Waals surface area (Å²) in [5, 5.41) is 0.439. The summed E-state index contributed by atoms with van der Waals surface area (Å²) in [4.78, 5) is -0.0256. The van der Waals surface area contributed by atoms with Crippen molar-refractivity contribution in [1.82, 2.24) is 0 Å². The predicted octanol–water partition coefficient (Wildman–Crippen LogP) is 4.37. The third kappa shape index (κ3) is 3.40. The average molecular weight is 342 g/mol. The molecule has 0 saturated heterocycles. The summed E-state index contributed by atoms with van der Waals surface area (Å²) in [6, 6.07) is 13.1. The maximum atomic E-state index is 12.8. The molecule has 0 fully saturated rings. The normalized spacial score (nSPS) is 11.1. The summed E-state index contributed by atoms with van der Waals surface area (Å²) in [6.07, 6.45) is 1.52. The Morgan fingerprint density at radius 3 is 2.38 bits per heavy atom. The Labute approximate surface area is 134 Å². The molecule has 0 unspecified atom stereocenters. The van der Waals surface area contributed by atoms with E-state index in [-0.39, 0.29) is 16.5 Å². The van der Waals surface area contributed by atoms with E-state index in [1.165, 1.54) is 22.5 Å². The topological polar surface area (TPSA) is 37.4 Å². The molecule has 0 aliphatic rings. The molecule has 2 aromatic carbocycles. The largest absolute Gasteiger partial charge is 0.266 e. The fourth-order valence-electron chi connectivity index (χ4n) is 1.85. The van der Waals surface area contributed by atoms with Crippen LogP contribution in [-0.4, -0.2) is 15.0 Å². The summed E-state index contributed by atoms with van der Waals surface area (Å²) in [6.45, 7) is 3.74. The van der Waals surface area contributed by atoms with Crippen LogP contribution in [0.25, 0.3) is 0 Å². The van der Waals surface area contributed by atoms with Crippen molar-refractivity contribution in [2.75, 3.05) is 10.8 Å². The number of nitrogens with zero attached hydrogens (tertiary/aromatic N) is 1. The molecule has 0 spiro atoms. The molecule has 6 heteroatoms. The Balaban J connectivity index is 2.58. The van der Waals surface area contributed by atoms with E-state index in [2.05, 4.69) is 6.58 Å². The van der Waals surface area contributed by atoms with Crippen LogP contribution in [0.4, 0.5) is 5.69 Å². The molecule has 0 aliphatic heterocycles. The number of anilines is 1. The zero-order valence-corrected chi connectivity index (χ0v) is 13.4. The number of benzene rings is 2. The van der Waals surface area contributed by atoms with Crippen LogP contribution in [-0.2, 0) is 10.0 Å². The Bertz CT molecular complexity index is 746. The predicted molar refractivity (Wildman–Crippen MR) is 87.6 cm³/mol. The van der Waals surface area contributed by atoms with Crippen molar-refractivity contribution < 1.29 is 8.42 Å². The molecule has 0 saturated carbocycles. The van der Waals surface area contributed by atoms with Gasteiger partial charge in [0.2, 0.25) is 0 Å². The van der Waals surface area contributed by atoms with Gasteiger partial charge in [-0.1, -0.05) is 47.5 Å². The number of para-hydroxylation sites is 1. The van der Waals surface area contributed by atoms with E-state index in [0.29, 0.717) is 10.7 Å².